The molecular formula is C17H23N3O4S. The first-order chi connectivity index (χ1) is 11.9. The number of sulfonamides is 1. The predicted molar refractivity (Wildman–Crippen MR) is 95.1 cm³/mol. The first-order valence-electron chi connectivity index (χ1n) is 7.97. The van der Waals surface area contributed by atoms with Crippen LogP contribution in [0, 0.1) is 0 Å². The van der Waals surface area contributed by atoms with Crippen molar-refractivity contribution in [3.05, 3.63) is 47.8 Å². The molecule has 0 saturated heterocycles. The Morgan fingerprint density at radius 2 is 1.92 bits per heavy atom. The second kappa shape index (κ2) is 8.17. The fourth-order valence-electron chi connectivity index (χ4n) is 2.22. The average molecular weight is 365 g/mol. The molecule has 0 spiro atoms. The zero-order valence-electron chi connectivity index (χ0n) is 14.6. The van der Waals surface area contributed by atoms with Crippen LogP contribution in [0.5, 0.6) is 5.75 Å². The number of rotatable bonds is 8. The number of amides is 1. The SMILES string of the molecule is CCCOc1ccc(CNS(=O)(=O)c2cc(C(=O)NC)n(C)c2)cc1. The van der Waals surface area contributed by atoms with E-state index in [-0.39, 0.29) is 23.0 Å². The number of nitrogens with zero attached hydrogens (tertiary/aromatic N) is 1. The van der Waals surface area contributed by atoms with Crippen molar-refractivity contribution in [2.75, 3.05) is 13.7 Å². The maximum Gasteiger partial charge on any atom is 0.267 e. The molecule has 0 saturated carbocycles. The molecule has 0 aliphatic heterocycles. The molecule has 1 aromatic heterocycles. The maximum atomic E-state index is 12.4. The van der Waals surface area contributed by atoms with E-state index in [2.05, 4.69) is 10.0 Å². The Morgan fingerprint density at radius 1 is 1.24 bits per heavy atom. The summed E-state index contributed by atoms with van der Waals surface area (Å²) >= 11 is 0. The molecule has 0 fully saturated rings. The largest absolute Gasteiger partial charge is 0.494 e. The standard InChI is InChI=1S/C17H23N3O4S/c1-4-9-24-14-7-5-13(6-8-14)11-19-25(22,23)15-10-16(17(21)18-2)20(3)12-15/h5-8,10,12,19H,4,9,11H2,1-3H3,(H,18,21). The minimum atomic E-state index is -3.71. The highest BCUT2D eigenvalue weighted by atomic mass is 32.2. The molecular weight excluding hydrogens is 342 g/mol. The van der Waals surface area contributed by atoms with Crippen LogP contribution in [0.1, 0.15) is 29.4 Å². The molecule has 1 aromatic carbocycles. The highest BCUT2D eigenvalue weighted by Crippen LogP contribution is 2.16. The lowest BCUT2D eigenvalue weighted by atomic mass is 10.2. The molecule has 7 nitrogen and oxygen atoms in total. The van der Waals surface area contributed by atoms with Gasteiger partial charge in [-0.3, -0.25) is 4.79 Å². The molecule has 2 aromatic rings. The number of hydrogen-bond donors (Lipinski definition) is 2. The molecule has 0 aliphatic carbocycles. The van der Waals surface area contributed by atoms with E-state index in [9.17, 15) is 13.2 Å². The Labute approximate surface area is 148 Å². The third-order valence-corrected chi connectivity index (χ3v) is 4.98. The van der Waals surface area contributed by atoms with E-state index in [1.807, 2.05) is 31.2 Å². The van der Waals surface area contributed by atoms with Crippen molar-refractivity contribution in [1.29, 1.82) is 0 Å². The Balaban J connectivity index is 2.05. The Kier molecular flexibility index (Phi) is 6.22. The molecule has 0 atom stereocenters. The summed E-state index contributed by atoms with van der Waals surface area (Å²) in [6.07, 6.45) is 2.34. The van der Waals surface area contributed by atoms with E-state index >= 15 is 0 Å². The summed E-state index contributed by atoms with van der Waals surface area (Å²) in [5.41, 5.74) is 1.09. The predicted octanol–water partition coefficient (Wildman–Crippen LogP) is 1.65. The Morgan fingerprint density at radius 3 is 2.52 bits per heavy atom. The minimum Gasteiger partial charge on any atom is -0.494 e. The van der Waals surface area contributed by atoms with E-state index in [4.69, 9.17) is 4.74 Å². The quantitative estimate of drug-likeness (QED) is 0.744. The number of aryl methyl sites for hydroxylation is 1. The van der Waals surface area contributed by atoms with Gasteiger partial charge in [0.25, 0.3) is 5.91 Å². The summed E-state index contributed by atoms with van der Waals surface area (Å²) in [6, 6.07) is 8.60. The molecule has 25 heavy (non-hydrogen) atoms. The van der Waals surface area contributed by atoms with Crippen molar-refractivity contribution in [1.82, 2.24) is 14.6 Å². The molecule has 1 heterocycles. The zero-order chi connectivity index (χ0) is 18.4. The molecule has 2 N–H and O–H groups in total. The lowest BCUT2D eigenvalue weighted by Crippen LogP contribution is -2.23. The van der Waals surface area contributed by atoms with Gasteiger partial charge in [-0.25, -0.2) is 13.1 Å². The Bertz CT molecular complexity index is 826. The van der Waals surface area contributed by atoms with Gasteiger partial charge >= 0.3 is 0 Å². The number of ether oxygens (including phenoxy) is 1. The fraction of sp³-hybridized carbons (Fsp3) is 0.353. The summed E-state index contributed by atoms with van der Waals surface area (Å²) in [4.78, 5) is 11.8. The lowest BCUT2D eigenvalue weighted by molar-refractivity contribution is 0.0955. The topological polar surface area (TPSA) is 89.4 Å². The molecule has 0 bridgehead atoms. The van der Waals surface area contributed by atoms with Crippen LogP contribution >= 0.6 is 0 Å². The summed E-state index contributed by atoms with van der Waals surface area (Å²) in [5, 5.41) is 2.48. The van der Waals surface area contributed by atoms with E-state index in [0.29, 0.717) is 6.61 Å². The van der Waals surface area contributed by atoms with Crippen molar-refractivity contribution in [3.8, 4) is 5.75 Å². The molecule has 8 heteroatoms. The van der Waals surface area contributed by atoms with Gasteiger partial charge in [0, 0.05) is 26.8 Å². The van der Waals surface area contributed by atoms with Crippen LogP contribution in [-0.2, 0) is 23.6 Å². The van der Waals surface area contributed by atoms with Gasteiger partial charge in [0.05, 0.1) is 6.61 Å². The monoisotopic (exact) mass is 365 g/mol. The number of nitrogens with one attached hydrogen (secondary N) is 2. The van der Waals surface area contributed by atoms with Crippen LogP contribution in [0.2, 0.25) is 0 Å². The number of carbonyl (C=O) groups is 1. The van der Waals surface area contributed by atoms with Gasteiger partial charge in [0.1, 0.15) is 16.3 Å². The first kappa shape index (κ1) is 19.0. The third kappa shape index (κ3) is 4.83. The van der Waals surface area contributed by atoms with Crippen LogP contribution < -0.4 is 14.8 Å². The van der Waals surface area contributed by atoms with E-state index in [1.54, 1.807) is 7.05 Å². The molecule has 0 unspecified atom stereocenters. The van der Waals surface area contributed by atoms with E-state index < -0.39 is 10.0 Å². The van der Waals surface area contributed by atoms with Crippen LogP contribution in [0.25, 0.3) is 0 Å². The third-order valence-electron chi connectivity index (χ3n) is 3.61. The summed E-state index contributed by atoms with van der Waals surface area (Å²) < 4.78 is 34.3. The van der Waals surface area contributed by atoms with Gasteiger partial charge in [0.15, 0.2) is 0 Å². The average Bonchev–Trinajstić information content (AvgIpc) is 3.01. The molecule has 0 radical (unpaired) electrons. The van der Waals surface area contributed by atoms with Gasteiger partial charge in [0.2, 0.25) is 10.0 Å². The van der Waals surface area contributed by atoms with Crippen molar-refractivity contribution in [3.63, 3.8) is 0 Å². The van der Waals surface area contributed by atoms with Crippen LogP contribution in [0.15, 0.2) is 41.4 Å². The molecule has 0 aliphatic rings. The smallest absolute Gasteiger partial charge is 0.267 e. The summed E-state index contributed by atoms with van der Waals surface area (Å²) in [5.74, 6) is 0.415. The van der Waals surface area contributed by atoms with Gasteiger partial charge in [-0.15, -0.1) is 0 Å². The van der Waals surface area contributed by atoms with Crippen LogP contribution in [0.4, 0.5) is 0 Å². The summed E-state index contributed by atoms with van der Waals surface area (Å²) in [7, 11) is -0.589. The van der Waals surface area contributed by atoms with E-state index in [0.717, 1.165) is 17.7 Å². The van der Waals surface area contributed by atoms with Gasteiger partial charge in [-0.1, -0.05) is 19.1 Å². The number of carbonyl (C=O) groups excluding carboxylic acids is 1. The van der Waals surface area contributed by atoms with Crippen molar-refractivity contribution >= 4 is 15.9 Å². The maximum absolute atomic E-state index is 12.4. The van der Waals surface area contributed by atoms with Crippen molar-refractivity contribution in [2.45, 2.75) is 24.8 Å². The van der Waals surface area contributed by atoms with E-state index in [1.165, 1.54) is 23.9 Å². The number of aromatic nitrogens is 1. The van der Waals surface area contributed by atoms with Gasteiger partial charge in [-0.2, -0.15) is 0 Å². The second-order valence-electron chi connectivity index (χ2n) is 5.57. The number of benzene rings is 1. The van der Waals surface area contributed by atoms with Crippen LogP contribution in [-0.4, -0.2) is 32.5 Å². The van der Waals surface area contributed by atoms with Crippen molar-refractivity contribution < 1.29 is 17.9 Å². The molecule has 1 amide bonds. The fourth-order valence-corrected chi connectivity index (χ4v) is 3.31. The highest BCUT2D eigenvalue weighted by Gasteiger charge is 2.19. The first-order valence-corrected chi connectivity index (χ1v) is 9.45. The second-order valence-corrected chi connectivity index (χ2v) is 7.33. The minimum absolute atomic E-state index is 0.0523. The van der Waals surface area contributed by atoms with Gasteiger partial charge in [-0.05, 0) is 30.2 Å². The number of hydrogen-bond acceptors (Lipinski definition) is 4. The van der Waals surface area contributed by atoms with Crippen LogP contribution in [0.3, 0.4) is 0 Å². The normalized spacial score (nSPS) is 11.3. The molecule has 2 rings (SSSR count). The lowest BCUT2D eigenvalue weighted by Gasteiger charge is -2.07. The molecule has 136 valence electrons. The van der Waals surface area contributed by atoms with Gasteiger partial charge < -0.3 is 14.6 Å². The Hall–Kier alpha value is -2.32. The summed E-state index contributed by atoms with van der Waals surface area (Å²) in [6.45, 7) is 2.83. The van der Waals surface area contributed by atoms with Crippen molar-refractivity contribution in [2.24, 2.45) is 7.05 Å². The highest BCUT2D eigenvalue weighted by molar-refractivity contribution is 7.89. The zero-order valence-corrected chi connectivity index (χ0v) is 15.4.